The number of carbonyl (C=O) groups is 1. The fourth-order valence-corrected chi connectivity index (χ4v) is 3.22. The maximum Gasteiger partial charge on any atom is 0.222 e. The van der Waals surface area contributed by atoms with Gasteiger partial charge in [0.25, 0.3) is 0 Å². The molecule has 1 fully saturated rings. The number of aryl methyl sites for hydroxylation is 1. The van der Waals surface area contributed by atoms with Gasteiger partial charge in [-0.25, -0.2) is 0 Å². The van der Waals surface area contributed by atoms with Crippen LogP contribution in [0.4, 0.5) is 5.69 Å². The lowest BCUT2D eigenvalue weighted by molar-refractivity contribution is -0.130. The molecule has 0 spiro atoms. The Morgan fingerprint density at radius 2 is 2.09 bits per heavy atom. The van der Waals surface area contributed by atoms with Crippen molar-refractivity contribution in [2.45, 2.75) is 19.3 Å². The fraction of sp³-hybridized carbons (Fsp3) is 0.421. The van der Waals surface area contributed by atoms with Crippen molar-refractivity contribution in [1.29, 1.82) is 0 Å². The highest BCUT2D eigenvalue weighted by Crippen LogP contribution is 2.24. The molecule has 3 rings (SSSR count). The van der Waals surface area contributed by atoms with Gasteiger partial charge in [0.15, 0.2) is 0 Å². The van der Waals surface area contributed by atoms with Gasteiger partial charge in [-0.15, -0.1) is 0 Å². The number of carbonyl (C=O) groups excluding carboxylic acids is 1. The van der Waals surface area contributed by atoms with E-state index in [1.54, 1.807) is 6.26 Å². The summed E-state index contributed by atoms with van der Waals surface area (Å²) in [5.74, 6) is 1.62. The van der Waals surface area contributed by atoms with E-state index in [1.165, 1.54) is 5.69 Å². The van der Waals surface area contributed by atoms with Crippen LogP contribution < -0.4 is 4.90 Å². The number of rotatable bonds is 6. The Bertz CT molecular complexity index is 610. The lowest BCUT2D eigenvalue weighted by Gasteiger charge is -2.22. The Hall–Kier alpha value is -2.23. The highest BCUT2D eigenvalue weighted by atomic mass is 16.3. The molecule has 0 bridgehead atoms. The first-order chi connectivity index (χ1) is 11.2. The molecule has 0 N–H and O–H groups in total. The summed E-state index contributed by atoms with van der Waals surface area (Å²) in [5, 5.41) is 0. The van der Waals surface area contributed by atoms with Crippen LogP contribution >= 0.6 is 0 Å². The number of anilines is 1. The van der Waals surface area contributed by atoms with Crippen LogP contribution in [0, 0.1) is 5.92 Å². The smallest absolute Gasteiger partial charge is 0.222 e. The SMILES string of the molecule is CN(C[C@H]1CCN(c2ccccc2)C1)C(=O)CCc1ccco1. The Morgan fingerprint density at radius 3 is 2.83 bits per heavy atom. The molecule has 4 heteroatoms. The van der Waals surface area contributed by atoms with Crippen LogP contribution in [-0.2, 0) is 11.2 Å². The normalized spacial score (nSPS) is 17.4. The predicted molar refractivity (Wildman–Crippen MR) is 91.4 cm³/mol. The van der Waals surface area contributed by atoms with Crippen molar-refractivity contribution >= 4 is 11.6 Å². The van der Waals surface area contributed by atoms with E-state index in [-0.39, 0.29) is 5.91 Å². The Kier molecular flexibility index (Phi) is 5.01. The zero-order chi connectivity index (χ0) is 16.1. The largest absolute Gasteiger partial charge is 0.469 e. The van der Waals surface area contributed by atoms with Crippen molar-refractivity contribution in [2.75, 3.05) is 31.6 Å². The van der Waals surface area contributed by atoms with Crippen LogP contribution in [0.15, 0.2) is 53.1 Å². The van der Waals surface area contributed by atoms with Gasteiger partial charge in [0.1, 0.15) is 5.76 Å². The maximum atomic E-state index is 12.2. The molecule has 1 amide bonds. The number of nitrogens with zero attached hydrogens (tertiary/aromatic N) is 2. The van der Waals surface area contributed by atoms with Crippen LogP contribution in [0.25, 0.3) is 0 Å². The average molecular weight is 312 g/mol. The first-order valence-corrected chi connectivity index (χ1v) is 8.28. The zero-order valence-electron chi connectivity index (χ0n) is 13.6. The number of hydrogen-bond acceptors (Lipinski definition) is 3. The molecular formula is C19H24N2O2. The second-order valence-electron chi connectivity index (χ2n) is 6.29. The van der Waals surface area contributed by atoms with Gasteiger partial charge in [-0.05, 0) is 36.6 Å². The number of benzene rings is 1. The molecule has 0 radical (unpaired) electrons. The first-order valence-electron chi connectivity index (χ1n) is 8.28. The average Bonchev–Trinajstić information content (AvgIpc) is 3.25. The van der Waals surface area contributed by atoms with Gasteiger partial charge in [-0.1, -0.05) is 18.2 Å². The summed E-state index contributed by atoms with van der Waals surface area (Å²) in [6.45, 7) is 2.93. The van der Waals surface area contributed by atoms with Gasteiger partial charge in [0.05, 0.1) is 6.26 Å². The minimum atomic E-state index is 0.194. The standard InChI is InChI=1S/C19H24N2O2/c1-20(19(22)10-9-18-8-5-13-23-18)14-16-11-12-21(15-16)17-6-3-2-4-7-17/h2-8,13,16H,9-12,14-15H2,1H3/t16-/m1/s1. The third kappa shape index (κ3) is 4.15. The number of amides is 1. The van der Waals surface area contributed by atoms with E-state index in [2.05, 4.69) is 29.2 Å². The Balaban J connectivity index is 1.45. The molecule has 0 unspecified atom stereocenters. The second-order valence-corrected chi connectivity index (χ2v) is 6.29. The van der Waals surface area contributed by atoms with Crippen molar-refractivity contribution in [3.8, 4) is 0 Å². The van der Waals surface area contributed by atoms with Crippen molar-refractivity contribution in [2.24, 2.45) is 5.92 Å². The molecule has 1 saturated heterocycles. The fourth-order valence-electron chi connectivity index (χ4n) is 3.22. The molecule has 2 aromatic rings. The van der Waals surface area contributed by atoms with Crippen molar-refractivity contribution in [3.05, 3.63) is 54.5 Å². The van der Waals surface area contributed by atoms with E-state index in [1.807, 2.05) is 30.1 Å². The molecule has 1 aliphatic rings. The molecule has 1 aliphatic heterocycles. The van der Waals surface area contributed by atoms with Crippen LogP contribution in [0.2, 0.25) is 0 Å². The summed E-state index contributed by atoms with van der Waals surface area (Å²) in [4.78, 5) is 16.5. The monoisotopic (exact) mass is 312 g/mol. The predicted octanol–water partition coefficient (Wildman–Crippen LogP) is 3.20. The van der Waals surface area contributed by atoms with Gasteiger partial charge in [0.2, 0.25) is 5.91 Å². The van der Waals surface area contributed by atoms with E-state index >= 15 is 0 Å². The molecule has 1 aromatic carbocycles. The quantitative estimate of drug-likeness (QED) is 0.822. The van der Waals surface area contributed by atoms with Crippen LogP contribution in [0.5, 0.6) is 0 Å². The number of para-hydroxylation sites is 1. The number of furan rings is 1. The van der Waals surface area contributed by atoms with Crippen LogP contribution in [0.3, 0.4) is 0 Å². The summed E-state index contributed by atoms with van der Waals surface area (Å²) in [6, 6.07) is 14.3. The van der Waals surface area contributed by atoms with Gasteiger partial charge in [-0.3, -0.25) is 4.79 Å². The van der Waals surface area contributed by atoms with E-state index in [0.717, 1.165) is 31.8 Å². The maximum absolute atomic E-state index is 12.2. The minimum absolute atomic E-state index is 0.194. The van der Waals surface area contributed by atoms with E-state index in [4.69, 9.17) is 4.42 Å². The molecule has 1 aromatic heterocycles. The molecule has 4 nitrogen and oxygen atoms in total. The summed E-state index contributed by atoms with van der Waals surface area (Å²) >= 11 is 0. The summed E-state index contributed by atoms with van der Waals surface area (Å²) in [7, 11) is 1.91. The Labute approximate surface area is 137 Å². The zero-order valence-corrected chi connectivity index (χ0v) is 13.6. The Morgan fingerprint density at radius 1 is 1.26 bits per heavy atom. The molecule has 23 heavy (non-hydrogen) atoms. The molecule has 1 atom stereocenters. The summed E-state index contributed by atoms with van der Waals surface area (Å²) < 4.78 is 5.28. The highest BCUT2D eigenvalue weighted by molar-refractivity contribution is 5.76. The van der Waals surface area contributed by atoms with E-state index in [0.29, 0.717) is 18.8 Å². The van der Waals surface area contributed by atoms with Crippen molar-refractivity contribution < 1.29 is 9.21 Å². The summed E-state index contributed by atoms with van der Waals surface area (Å²) in [5.41, 5.74) is 1.28. The molecule has 2 heterocycles. The lowest BCUT2D eigenvalue weighted by Crippen LogP contribution is -2.33. The molecule has 0 aliphatic carbocycles. The van der Waals surface area contributed by atoms with Gasteiger partial charge >= 0.3 is 0 Å². The molecule has 0 saturated carbocycles. The van der Waals surface area contributed by atoms with Crippen LogP contribution in [-0.4, -0.2) is 37.5 Å². The number of hydrogen-bond donors (Lipinski definition) is 0. The van der Waals surface area contributed by atoms with E-state index < -0.39 is 0 Å². The third-order valence-electron chi connectivity index (χ3n) is 4.53. The molecular weight excluding hydrogens is 288 g/mol. The second kappa shape index (κ2) is 7.36. The van der Waals surface area contributed by atoms with Gasteiger partial charge < -0.3 is 14.2 Å². The minimum Gasteiger partial charge on any atom is -0.469 e. The van der Waals surface area contributed by atoms with E-state index in [9.17, 15) is 4.79 Å². The lowest BCUT2D eigenvalue weighted by atomic mass is 10.1. The summed E-state index contributed by atoms with van der Waals surface area (Å²) in [6.07, 6.45) is 3.99. The first kappa shape index (κ1) is 15.7. The molecule has 122 valence electrons. The highest BCUT2D eigenvalue weighted by Gasteiger charge is 2.25. The van der Waals surface area contributed by atoms with Crippen LogP contribution in [0.1, 0.15) is 18.6 Å². The van der Waals surface area contributed by atoms with Crippen molar-refractivity contribution in [3.63, 3.8) is 0 Å². The van der Waals surface area contributed by atoms with Gasteiger partial charge in [0, 0.05) is 45.2 Å². The topological polar surface area (TPSA) is 36.7 Å². The van der Waals surface area contributed by atoms with Gasteiger partial charge in [-0.2, -0.15) is 0 Å². The van der Waals surface area contributed by atoms with Crippen molar-refractivity contribution in [1.82, 2.24) is 4.90 Å². The third-order valence-corrected chi connectivity index (χ3v) is 4.53.